The van der Waals surface area contributed by atoms with E-state index in [1.165, 1.54) is 7.05 Å². The first-order valence-electron chi connectivity index (χ1n) is 11.1. The molecule has 0 aliphatic carbocycles. The van der Waals surface area contributed by atoms with E-state index in [0.717, 1.165) is 0 Å². The molecule has 13 nitrogen and oxygen atoms in total. The van der Waals surface area contributed by atoms with E-state index < -0.39 is 29.5 Å². The minimum atomic E-state index is -0.703. The second-order valence-electron chi connectivity index (χ2n) is 7.67. The fourth-order valence-corrected chi connectivity index (χ4v) is 2.26. The van der Waals surface area contributed by atoms with Gasteiger partial charge in [0.2, 0.25) is 0 Å². The monoisotopic (exact) mass is 493 g/mol. The summed E-state index contributed by atoms with van der Waals surface area (Å²) in [6.07, 6.45) is -0.435. The Morgan fingerprint density at radius 2 is 1.26 bits per heavy atom. The highest BCUT2D eigenvalue weighted by Crippen LogP contribution is 2.12. The molecule has 0 aromatic rings. The molecule has 1 rings (SSSR count). The maximum absolute atomic E-state index is 11.6. The van der Waals surface area contributed by atoms with Crippen molar-refractivity contribution in [2.24, 2.45) is 5.73 Å². The van der Waals surface area contributed by atoms with Crippen LogP contribution in [0.25, 0.3) is 0 Å². The Bertz CT molecular complexity index is 594. The predicted octanol–water partition coefficient (Wildman–Crippen LogP) is 0.150. The molecule has 0 spiro atoms. The smallest absolute Gasteiger partial charge is 0.407 e. The van der Waals surface area contributed by atoms with Crippen molar-refractivity contribution in [3.05, 3.63) is 0 Å². The number of nitrogens with one attached hydrogen (secondary N) is 1. The van der Waals surface area contributed by atoms with E-state index in [0.29, 0.717) is 51.2 Å². The first kappa shape index (κ1) is 31.7. The molecule has 198 valence electrons. The van der Waals surface area contributed by atoms with Crippen molar-refractivity contribution in [1.82, 2.24) is 10.4 Å². The molecular formula is C21H39N3O10. The van der Waals surface area contributed by atoms with Gasteiger partial charge in [-0.25, -0.2) is 9.59 Å². The number of hydrogen-bond acceptors (Lipinski definition) is 11. The van der Waals surface area contributed by atoms with Crippen LogP contribution < -0.4 is 11.1 Å². The van der Waals surface area contributed by atoms with Crippen molar-refractivity contribution in [1.29, 1.82) is 0 Å². The summed E-state index contributed by atoms with van der Waals surface area (Å²) < 4.78 is 26.3. The normalized spacial score (nSPS) is 13.4. The van der Waals surface area contributed by atoms with Crippen LogP contribution in [0.2, 0.25) is 0 Å². The van der Waals surface area contributed by atoms with Crippen LogP contribution in [0.1, 0.15) is 40.0 Å². The Morgan fingerprint density at radius 1 is 0.824 bits per heavy atom. The largest absolute Gasteiger partial charge is 0.444 e. The average Bonchev–Trinajstić information content (AvgIpc) is 3.08. The summed E-state index contributed by atoms with van der Waals surface area (Å²) in [6.45, 7) is 8.35. The number of amides is 3. The molecule has 13 heteroatoms. The highest BCUT2D eigenvalue weighted by Gasteiger charge is 2.32. The molecule has 1 saturated heterocycles. The summed E-state index contributed by atoms with van der Waals surface area (Å²) in [5.41, 5.74) is 3.97. The van der Waals surface area contributed by atoms with Gasteiger partial charge in [0.25, 0.3) is 11.8 Å². The lowest BCUT2D eigenvalue weighted by molar-refractivity contribution is -0.198. The summed E-state index contributed by atoms with van der Waals surface area (Å²) in [5, 5.41) is 3.10. The first-order valence-corrected chi connectivity index (χ1v) is 11.1. The number of nitrogens with zero attached hydrogens (tertiary/aromatic N) is 1. The van der Waals surface area contributed by atoms with Gasteiger partial charge in [-0.1, -0.05) is 0 Å². The lowest BCUT2D eigenvalue weighted by Gasteiger charge is -2.19. The molecular weight excluding hydrogens is 454 g/mol. The SMILES string of the molecule is CC(C)(C)OC(=O)NCCOCCOCCOCCOCCC(=O)ON1C(=O)CCC1=O.CN. The highest BCUT2D eigenvalue weighted by molar-refractivity contribution is 6.01. The number of alkyl carbamates (subject to hydrolysis) is 1. The topological polar surface area (TPSA) is 165 Å². The van der Waals surface area contributed by atoms with Crippen LogP contribution in [0.3, 0.4) is 0 Å². The molecule has 34 heavy (non-hydrogen) atoms. The van der Waals surface area contributed by atoms with Crippen LogP contribution in [0.15, 0.2) is 0 Å². The second-order valence-corrected chi connectivity index (χ2v) is 7.67. The van der Waals surface area contributed by atoms with Gasteiger partial charge >= 0.3 is 12.1 Å². The number of carbonyl (C=O) groups excluding carboxylic acids is 4. The molecule has 3 N–H and O–H groups in total. The number of nitrogens with two attached hydrogens (primary N) is 1. The van der Waals surface area contributed by atoms with Crippen molar-refractivity contribution >= 4 is 23.9 Å². The summed E-state index contributed by atoms with van der Waals surface area (Å²) in [5.74, 6) is -1.73. The minimum Gasteiger partial charge on any atom is -0.444 e. The third kappa shape index (κ3) is 17.2. The van der Waals surface area contributed by atoms with E-state index >= 15 is 0 Å². The van der Waals surface area contributed by atoms with E-state index in [-0.39, 0.29) is 32.5 Å². The molecule has 0 atom stereocenters. The summed E-state index contributed by atoms with van der Waals surface area (Å²) >= 11 is 0. The fourth-order valence-electron chi connectivity index (χ4n) is 2.26. The number of ether oxygens (including phenoxy) is 5. The first-order chi connectivity index (χ1) is 16.2. The molecule has 0 aromatic heterocycles. The molecule has 0 unspecified atom stereocenters. The molecule has 1 fully saturated rings. The number of hydroxylamine groups is 2. The van der Waals surface area contributed by atoms with Crippen LogP contribution in [0.5, 0.6) is 0 Å². The summed E-state index contributed by atoms with van der Waals surface area (Å²) in [4.78, 5) is 50.3. The van der Waals surface area contributed by atoms with Gasteiger partial charge in [-0.3, -0.25) is 9.59 Å². The lowest BCUT2D eigenvalue weighted by atomic mass is 10.2. The van der Waals surface area contributed by atoms with E-state index in [9.17, 15) is 19.2 Å². The molecule has 1 heterocycles. The van der Waals surface area contributed by atoms with Gasteiger partial charge in [0.15, 0.2) is 0 Å². The molecule has 0 aromatic carbocycles. The zero-order valence-corrected chi connectivity index (χ0v) is 20.6. The fraction of sp³-hybridized carbons (Fsp3) is 0.810. The Labute approximate surface area is 200 Å². The van der Waals surface area contributed by atoms with Gasteiger partial charge in [-0.15, -0.1) is 5.06 Å². The van der Waals surface area contributed by atoms with E-state index in [1.54, 1.807) is 20.8 Å². The van der Waals surface area contributed by atoms with Gasteiger partial charge < -0.3 is 39.6 Å². The maximum Gasteiger partial charge on any atom is 0.407 e. The average molecular weight is 494 g/mol. The van der Waals surface area contributed by atoms with E-state index in [4.69, 9.17) is 28.5 Å². The quantitative estimate of drug-likeness (QED) is 0.222. The van der Waals surface area contributed by atoms with Crippen molar-refractivity contribution < 1.29 is 47.7 Å². The van der Waals surface area contributed by atoms with Crippen LogP contribution in [0, 0.1) is 0 Å². The minimum absolute atomic E-state index is 0.0595. The van der Waals surface area contributed by atoms with Crippen molar-refractivity contribution in [2.45, 2.75) is 45.6 Å². The van der Waals surface area contributed by atoms with Crippen LogP contribution in [-0.2, 0) is 42.9 Å². The molecule has 1 aliphatic heterocycles. The maximum atomic E-state index is 11.6. The Morgan fingerprint density at radius 3 is 1.74 bits per heavy atom. The summed E-state index contributed by atoms with van der Waals surface area (Å²) in [6, 6.07) is 0. The molecule has 1 aliphatic rings. The van der Waals surface area contributed by atoms with Gasteiger partial charge in [0.1, 0.15) is 5.60 Å². The van der Waals surface area contributed by atoms with Gasteiger partial charge in [-0.2, -0.15) is 0 Å². The third-order valence-electron chi connectivity index (χ3n) is 3.68. The number of hydrogen-bond donors (Lipinski definition) is 2. The zero-order valence-electron chi connectivity index (χ0n) is 20.6. The standard InChI is InChI=1S/C20H34N2O10.CH5N/c1-20(2,3)31-19(26)21-7-9-28-11-13-30-15-14-29-12-10-27-8-6-18(25)32-22-16(23)4-5-17(22)24;1-2/h4-15H2,1-3H3,(H,21,26);2H2,1H3. The predicted molar refractivity (Wildman–Crippen MR) is 119 cm³/mol. The Balaban J connectivity index is 0.00000529. The summed E-state index contributed by atoms with van der Waals surface area (Å²) in [7, 11) is 1.50. The Hall–Kier alpha value is -2.32. The molecule has 0 radical (unpaired) electrons. The molecule has 3 amide bonds. The number of rotatable bonds is 16. The lowest BCUT2D eigenvalue weighted by Crippen LogP contribution is -2.34. The zero-order chi connectivity index (χ0) is 25.8. The van der Waals surface area contributed by atoms with Crippen LogP contribution in [0.4, 0.5) is 4.79 Å². The third-order valence-corrected chi connectivity index (χ3v) is 3.68. The highest BCUT2D eigenvalue weighted by atomic mass is 16.7. The van der Waals surface area contributed by atoms with Crippen LogP contribution >= 0.6 is 0 Å². The van der Waals surface area contributed by atoms with E-state index in [1.807, 2.05) is 0 Å². The van der Waals surface area contributed by atoms with Crippen LogP contribution in [-0.4, -0.2) is 101 Å². The molecule has 0 saturated carbocycles. The van der Waals surface area contributed by atoms with Gasteiger partial charge in [0, 0.05) is 19.4 Å². The van der Waals surface area contributed by atoms with Gasteiger partial charge in [-0.05, 0) is 27.8 Å². The molecule has 0 bridgehead atoms. The number of imide groups is 1. The Kier molecular flexibility index (Phi) is 17.7. The van der Waals surface area contributed by atoms with E-state index in [2.05, 4.69) is 11.1 Å². The number of carbonyl (C=O) groups is 4. The van der Waals surface area contributed by atoms with Gasteiger partial charge in [0.05, 0.1) is 59.3 Å². The van der Waals surface area contributed by atoms with Crippen molar-refractivity contribution in [3.63, 3.8) is 0 Å². The second kappa shape index (κ2) is 19.0. The van der Waals surface area contributed by atoms with Crippen molar-refractivity contribution in [2.75, 3.05) is 66.4 Å². The van der Waals surface area contributed by atoms with Crippen molar-refractivity contribution in [3.8, 4) is 0 Å².